The highest BCUT2D eigenvalue weighted by molar-refractivity contribution is 5.04. The molecule has 1 spiro atoms. The molecule has 1 aliphatic carbocycles. The summed E-state index contributed by atoms with van der Waals surface area (Å²) in [5.74, 6) is 0.839. The smallest absolute Gasteiger partial charge is 0.0309 e. The molecular weight excluding hydrogens is 220 g/mol. The van der Waals surface area contributed by atoms with Crippen molar-refractivity contribution in [3.63, 3.8) is 0 Å². The van der Waals surface area contributed by atoms with Crippen LogP contribution in [0, 0.1) is 5.92 Å². The summed E-state index contributed by atoms with van der Waals surface area (Å²) in [5, 5.41) is 3.88. The Labute approximate surface area is 114 Å². The van der Waals surface area contributed by atoms with Crippen molar-refractivity contribution >= 4 is 0 Å². The van der Waals surface area contributed by atoms with Gasteiger partial charge in [0.15, 0.2) is 0 Å². The second kappa shape index (κ2) is 5.50. The van der Waals surface area contributed by atoms with Crippen molar-refractivity contribution in [2.45, 2.75) is 77.3 Å². The van der Waals surface area contributed by atoms with E-state index in [9.17, 15) is 0 Å². The summed E-state index contributed by atoms with van der Waals surface area (Å²) in [7, 11) is 0. The van der Waals surface area contributed by atoms with Crippen molar-refractivity contribution in [1.82, 2.24) is 10.2 Å². The Hall–Kier alpha value is -0.0800. The average Bonchev–Trinajstić information content (AvgIpc) is 2.74. The lowest BCUT2D eigenvalue weighted by Crippen LogP contribution is -2.67. The van der Waals surface area contributed by atoms with Crippen molar-refractivity contribution in [3.05, 3.63) is 0 Å². The van der Waals surface area contributed by atoms with Crippen molar-refractivity contribution in [2.24, 2.45) is 5.92 Å². The third-order valence-electron chi connectivity index (χ3n) is 5.12. The van der Waals surface area contributed by atoms with Gasteiger partial charge in [-0.2, -0.15) is 0 Å². The van der Waals surface area contributed by atoms with Gasteiger partial charge in [-0.15, -0.1) is 0 Å². The summed E-state index contributed by atoms with van der Waals surface area (Å²) in [5.41, 5.74) is 0.789. The van der Waals surface area contributed by atoms with Crippen LogP contribution >= 0.6 is 0 Å². The summed E-state index contributed by atoms with van der Waals surface area (Å²) in [6, 6.07) is 0. The number of rotatable bonds is 4. The van der Waals surface area contributed by atoms with Crippen LogP contribution in [0.5, 0.6) is 0 Å². The largest absolute Gasteiger partial charge is 0.308 e. The third kappa shape index (κ3) is 3.08. The molecule has 1 aliphatic heterocycles. The van der Waals surface area contributed by atoms with Gasteiger partial charge in [-0.1, -0.05) is 33.1 Å². The lowest BCUT2D eigenvalue weighted by Gasteiger charge is -2.51. The maximum atomic E-state index is 3.88. The van der Waals surface area contributed by atoms with Gasteiger partial charge >= 0.3 is 0 Å². The SMILES string of the molecule is CCCC(C)CN1CC2(CCCC2)NCC1(C)C. The second-order valence-electron chi connectivity index (χ2n) is 7.43. The molecule has 0 amide bonds. The van der Waals surface area contributed by atoms with Gasteiger partial charge in [-0.25, -0.2) is 0 Å². The van der Waals surface area contributed by atoms with Gasteiger partial charge < -0.3 is 5.32 Å². The summed E-state index contributed by atoms with van der Waals surface area (Å²) in [4.78, 5) is 2.77. The zero-order chi connectivity index (χ0) is 13.2. The minimum Gasteiger partial charge on any atom is -0.308 e. The predicted octanol–water partition coefficient (Wildman–Crippen LogP) is 3.42. The van der Waals surface area contributed by atoms with E-state index in [0.717, 1.165) is 12.5 Å². The number of hydrogen-bond acceptors (Lipinski definition) is 2. The summed E-state index contributed by atoms with van der Waals surface area (Å²) in [6.45, 7) is 13.2. The molecule has 1 unspecified atom stereocenters. The number of piperazine rings is 1. The Morgan fingerprint density at radius 1 is 1.22 bits per heavy atom. The van der Waals surface area contributed by atoms with Gasteiger partial charge in [0.25, 0.3) is 0 Å². The number of nitrogens with one attached hydrogen (secondary N) is 1. The first kappa shape index (κ1) is 14.3. The van der Waals surface area contributed by atoms with E-state index in [1.54, 1.807) is 0 Å². The van der Waals surface area contributed by atoms with Crippen molar-refractivity contribution in [1.29, 1.82) is 0 Å². The van der Waals surface area contributed by atoms with Crippen LogP contribution in [0.1, 0.15) is 66.2 Å². The molecule has 1 N–H and O–H groups in total. The van der Waals surface area contributed by atoms with E-state index in [0.29, 0.717) is 11.1 Å². The lowest BCUT2D eigenvalue weighted by atomic mass is 9.86. The fourth-order valence-corrected chi connectivity index (χ4v) is 3.81. The molecule has 2 fully saturated rings. The quantitative estimate of drug-likeness (QED) is 0.825. The van der Waals surface area contributed by atoms with Crippen molar-refractivity contribution in [3.8, 4) is 0 Å². The summed E-state index contributed by atoms with van der Waals surface area (Å²) >= 11 is 0. The average molecular weight is 252 g/mol. The fraction of sp³-hybridized carbons (Fsp3) is 1.00. The molecule has 1 atom stereocenters. The first-order valence-corrected chi connectivity index (χ1v) is 7.97. The van der Waals surface area contributed by atoms with Crippen LogP contribution in [0.3, 0.4) is 0 Å². The van der Waals surface area contributed by atoms with E-state index in [1.165, 1.54) is 51.6 Å². The van der Waals surface area contributed by atoms with E-state index in [2.05, 4.69) is 37.9 Å². The number of hydrogen-bond donors (Lipinski definition) is 1. The minimum absolute atomic E-state index is 0.329. The molecule has 18 heavy (non-hydrogen) atoms. The molecule has 0 radical (unpaired) electrons. The van der Waals surface area contributed by atoms with E-state index < -0.39 is 0 Å². The molecular formula is C16H32N2. The standard InChI is InChI=1S/C16H32N2/c1-5-8-14(2)11-18-13-16(9-6-7-10-16)17-12-15(18,3)4/h14,17H,5-13H2,1-4H3. The maximum Gasteiger partial charge on any atom is 0.0309 e. The summed E-state index contributed by atoms with van der Waals surface area (Å²) in [6.07, 6.45) is 8.31. The van der Waals surface area contributed by atoms with Crippen LogP contribution in [-0.2, 0) is 0 Å². The zero-order valence-corrected chi connectivity index (χ0v) is 12.9. The van der Waals surface area contributed by atoms with E-state index in [-0.39, 0.29) is 0 Å². The second-order valence-corrected chi connectivity index (χ2v) is 7.43. The highest BCUT2D eigenvalue weighted by atomic mass is 15.3. The Morgan fingerprint density at radius 2 is 1.89 bits per heavy atom. The molecule has 0 aromatic carbocycles. The molecule has 1 saturated heterocycles. The van der Waals surface area contributed by atoms with Gasteiger partial charge in [0.05, 0.1) is 0 Å². The Kier molecular flexibility index (Phi) is 4.38. The van der Waals surface area contributed by atoms with Gasteiger partial charge in [0, 0.05) is 30.7 Å². The maximum absolute atomic E-state index is 3.88. The van der Waals surface area contributed by atoms with E-state index >= 15 is 0 Å². The molecule has 0 aromatic rings. The first-order valence-electron chi connectivity index (χ1n) is 7.97. The molecule has 0 bridgehead atoms. The van der Waals surface area contributed by atoms with Gasteiger partial charge in [0.2, 0.25) is 0 Å². The van der Waals surface area contributed by atoms with Crippen LogP contribution in [-0.4, -0.2) is 35.6 Å². The Morgan fingerprint density at radius 3 is 2.50 bits per heavy atom. The van der Waals surface area contributed by atoms with Crippen LogP contribution in [0.25, 0.3) is 0 Å². The van der Waals surface area contributed by atoms with Crippen molar-refractivity contribution in [2.75, 3.05) is 19.6 Å². The molecule has 2 rings (SSSR count). The Balaban J connectivity index is 1.99. The van der Waals surface area contributed by atoms with Gasteiger partial charge in [-0.3, -0.25) is 4.90 Å². The predicted molar refractivity (Wildman–Crippen MR) is 78.9 cm³/mol. The summed E-state index contributed by atoms with van der Waals surface area (Å²) < 4.78 is 0. The normalized spacial score (nSPS) is 28.7. The highest BCUT2D eigenvalue weighted by Crippen LogP contribution is 2.36. The van der Waals surface area contributed by atoms with Crippen LogP contribution in [0.2, 0.25) is 0 Å². The van der Waals surface area contributed by atoms with E-state index in [4.69, 9.17) is 0 Å². The number of nitrogens with zero attached hydrogens (tertiary/aromatic N) is 1. The monoisotopic (exact) mass is 252 g/mol. The Bertz CT molecular complexity index is 266. The third-order valence-corrected chi connectivity index (χ3v) is 5.12. The molecule has 0 aromatic heterocycles. The lowest BCUT2D eigenvalue weighted by molar-refractivity contribution is 0.0171. The molecule has 2 aliphatic rings. The molecule has 2 nitrogen and oxygen atoms in total. The minimum atomic E-state index is 0.329. The topological polar surface area (TPSA) is 15.3 Å². The van der Waals surface area contributed by atoms with E-state index in [1.807, 2.05) is 0 Å². The van der Waals surface area contributed by atoms with Crippen LogP contribution < -0.4 is 5.32 Å². The highest BCUT2D eigenvalue weighted by Gasteiger charge is 2.44. The van der Waals surface area contributed by atoms with Crippen LogP contribution in [0.4, 0.5) is 0 Å². The van der Waals surface area contributed by atoms with Gasteiger partial charge in [0.1, 0.15) is 0 Å². The first-order chi connectivity index (χ1) is 8.47. The molecule has 1 saturated carbocycles. The fourth-order valence-electron chi connectivity index (χ4n) is 3.81. The van der Waals surface area contributed by atoms with Crippen LogP contribution in [0.15, 0.2) is 0 Å². The van der Waals surface area contributed by atoms with Crippen molar-refractivity contribution < 1.29 is 0 Å². The molecule has 1 heterocycles. The zero-order valence-electron chi connectivity index (χ0n) is 12.9. The molecule has 2 heteroatoms. The molecule has 106 valence electrons. The van der Waals surface area contributed by atoms with Gasteiger partial charge in [-0.05, 0) is 39.0 Å².